The van der Waals surface area contributed by atoms with Gasteiger partial charge in [0.2, 0.25) is 5.91 Å². The standard InChI is InChI=1S/C37H75NO4/c1-3-5-7-9-11-13-14-15-16-17-18-19-20-21-22-23-24-26-27-29-31-35(40)34(33-39)38-37(42)36(41)32-30-28-25-12-10-8-6-4-2/h34-36,39-41H,3-33H2,1-2H3,(H,38,42). The SMILES string of the molecule is CCCCCCCCCCCCCCCCCCCCCCC(O)C(CO)NC(=O)C(O)CCCCCCCCCC. The van der Waals surface area contributed by atoms with Crippen molar-refractivity contribution in [2.24, 2.45) is 0 Å². The molecule has 0 aromatic rings. The quantitative estimate of drug-likeness (QED) is 0.0556. The zero-order valence-electron chi connectivity index (χ0n) is 28.4. The lowest BCUT2D eigenvalue weighted by Gasteiger charge is -2.23. The minimum absolute atomic E-state index is 0.309. The van der Waals surface area contributed by atoms with Crippen molar-refractivity contribution >= 4 is 5.91 Å². The van der Waals surface area contributed by atoms with Crippen LogP contribution in [0.4, 0.5) is 0 Å². The minimum Gasteiger partial charge on any atom is -0.394 e. The van der Waals surface area contributed by atoms with Crippen LogP contribution in [0.5, 0.6) is 0 Å². The molecule has 0 saturated heterocycles. The van der Waals surface area contributed by atoms with Gasteiger partial charge < -0.3 is 20.6 Å². The summed E-state index contributed by atoms with van der Waals surface area (Å²) in [6.07, 6.45) is 35.3. The van der Waals surface area contributed by atoms with Crippen LogP contribution in [-0.4, -0.2) is 46.1 Å². The molecular weight excluding hydrogens is 522 g/mol. The Morgan fingerprint density at radius 2 is 0.762 bits per heavy atom. The van der Waals surface area contributed by atoms with Gasteiger partial charge in [0.15, 0.2) is 0 Å². The van der Waals surface area contributed by atoms with Crippen LogP contribution in [0, 0.1) is 0 Å². The summed E-state index contributed by atoms with van der Waals surface area (Å²) in [7, 11) is 0. The number of nitrogens with one attached hydrogen (secondary N) is 1. The average molecular weight is 598 g/mol. The summed E-state index contributed by atoms with van der Waals surface area (Å²) in [5.74, 6) is -0.473. The maximum Gasteiger partial charge on any atom is 0.249 e. The van der Waals surface area contributed by atoms with Crippen LogP contribution >= 0.6 is 0 Å². The Bertz CT molecular complexity index is 544. The first-order valence-electron chi connectivity index (χ1n) is 18.8. The van der Waals surface area contributed by atoms with Crippen molar-refractivity contribution in [3.8, 4) is 0 Å². The molecule has 3 atom stereocenters. The fourth-order valence-corrected chi connectivity index (χ4v) is 5.95. The molecule has 0 aliphatic carbocycles. The van der Waals surface area contributed by atoms with E-state index in [4.69, 9.17) is 0 Å². The van der Waals surface area contributed by atoms with Crippen LogP contribution < -0.4 is 5.32 Å². The molecule has 0 bridgehead atoms. The Morgan fingerprint density at radius 1 is 0.476 bits per heavy atom. The summed E-state index contributed by atoms with van der Waals surface area (Å²) in [5, 5.41) is 33.0. The number of carbonyl (C=O) groups excluding carboxylic acids is 1. The molecule has 0 radical (unpaired) electrons. The van der Waals surface area contributed by atoms with Gasteiger partial charge in [0.05, 0.1) is 18.8 Å². The molecule has 5 nitrogen and oxygen atoms in total. The third-order valence-corrected chi connectivity index (χ3v) is 8.98. The highest BCUT2D eigenvalue weighted by molar-refractivity contribution is 5.80. The molecule has 4 N–H and O–H groups in total. The van der Waals surface area contributed by atoms with Gasteiger partial charge in [0.25, 0.3) is 0 Å². The molecule has 0 rings (SSSR count). The molecule has 0 aromatic heterocycles. The topological polar surface area (TPSA) is 89.8 Å². The van der Waals surface area contributed by atoms with Gasteiger partial charge in [-0.15, -0.1) is 0 Å². The summed E-state index contributed by atoms with van der Waals surface area (Å²) >= 11 is 0. The van der Waals surface area contributed by atoms with Crippen LogP contribution in [0.25, 0.3) is 0 Å². The van der Waals surface area contributed by atoms with Crippen molar-refractivity contribution in [3.05, 3.63) is 0 Å². The van der Waals surface area contributed by atoms with Crippen molar-refractivity contribution in [2.45, 2.75) is 225 Å². The minimum atomic E-state index is -1.06. The molecular formula is C37H75NO4. The lowest BCUT2D eigenvalue weighted by Crippen LogP contribution is -2.49. The first-order chi connectivity index (χ1) is 20.6. The van der Waals surface area contributed by atoms with Crippen LogP contribution in [0.15, 0.2) is 0 Å². The second-order valence-corrected chi connectivity index (χ2v) is 13.2. The molecule has 0 spiro atoms. The maximum absolute atomic E-state index is 12.3. The van der Waals surface area contributed by atoms with Gasteiger partial charge >= 0.3 is 0 Å². The number of hydrogen-bond donors (Lipinski definition) is 4. The van der Waals surface area contributed by atoms with Crippen LogP contribution in [0.2, 0.25) is 0 Å². The van der Waals surface area contributed by atoms with E-state index >= 15 is 0 Å². The Morgan fingerprint density at radius 3 is 1.07 bits per heavy atom. The van der Waals surface area contributed by atoms with E-state index in [1.165, 1.54) is 148 Å². The molecule has 3 unspecified atom stereocenters. The number of amides is 1. The summed E-state index contributed by atoms with van der Waals surface area (Å²) in [5.41, 5.74) is 0. The number of aliphatic hydroxyl groups excluding tert-OH is 3. The molecule has 0 fully saturated rings. The van der Waals surface area contributed by atoms with E-state index in [2.05, 4.69) is 19.2 Å². The molecule has 0 aliphatic heterocycles. The van der Waals surface area contributed by atoms with E-state index in [9.17, 15) is 20.1 Å². The Hall–Kier alpha value is -0.650. The number of aliphatic hydroxyl groups is 3. The first kappa shape index (κ1) is 41.4. The van der Waals surface area contributed by atoms with Crippen molar-refractivity contribution in [1.29, 1.82) is 0 Å². The summed E-state index contributed by atoms with van der Waals surface area (Å²) in [6, 6.07) is -0.703. The van der Waals surface area contributed by atoms with Gasteiger partial charge in [-0.05, 0) is 12.8 Å². The highest BCUT2D eigenvalue weighted by atomic mass is 16.3. The normalized spacial score (nSPS) is 13.7. The summed E-state index contributed by atoms with van der Waals surface area (Å²) in [4.78, 5) is 12.3. The van der Waals surface area contributed by atoms with Gasteiger partial charge in [-0.2, -0.15) is 0 Å². The average Bonchev–Trinajstić information content (AvgIpc) is 2.99. The largest absolute Gasteiger partial charge is 0.394 e. The van der Waals surface area contributed by atoms with E-state index in [1.54, 1.807) is 0 Å². The van der Waals surface area contributed by atoms with Crippen molar-refractivity contribution in [3.63, 3.8) is 0 Å². The van der Waals surface area contributed by atoms with Crippen molar-refractivity contribution in [1.82, 2.24) is 5.32 Å². The lowest BCUT2D eigenvalue weighted by molar-refractivity contribution is -0.131. The molecule has 0 aliphatic rings. The maximum atomic E-state index is 12.3. The highest BCUT2D eigenvalue weighted by Gasteiger charge is 2.23. The summed E-state index contributed by atoms with van der Waals surface area (Å²) < 4.78 is 0. The number of hydrogen-bond acceptors (Lipinski definition) is 4. The van der Waals surface area contributed by atoms with Gasteiger partial charge in [0.1, 0.15) is 6.10 Å². The van der Waals surface area contributed by atoms with Crippen LogP contribution in [0.1, 0.15) is 206 Å². The predicted octanol–water partition coefficient (Wildman–Crippen LogP) is 9.93. The fraction of sp³-hybridized carbons (Fsp3) is 0.973. The summed E-state index contributed by atoms with van der Waals surface area (Å²) in [6.45, 7) is 4.19. The monoisotopic (exact) mass is 598 g/mol. The van der Waals surface area contributed by atoms with Crippen molar-refractivity contribution in [2.75, 3.05) is 6.61 Å². The first-order valence-corrected chi connectivity index (χ1v) is 18.8. The number of unbranched alkanes of at least 4 members (excludes halogenated alkanes) is 26. The Kier molecular flexibility index (Phi) is 32.7. The van der Waals surface area contributed by atoms with Gasteiger partial charge in [-0.1, -0.05) is 194 Å². The van der Waals surface area contributed by atoms with Gasteiger partial charge in [-0.3, -0.25) is 4.79 Å². The van der Waals surface area contributed by atoms with E-state index in [0.29, 0.717) is 12.8 Å². The lowest BCUT2D eigenvalue weighted by atomic mass is 10.0. The zero-order valence-corrected chi connectivity index (χ0v) is 28.4. The number of rotatable bonds is 34. The second kappa shape index (κ2) is 33.2. The smallest absolute Gasteiger partial charge is 0.249 e. The molecule has 0 heterocycles. The third kappa shape index (κ3) is 28.1. The second-order valence-electron chi connectivity index (χ2n) is 13.2. The zero-order chi connectivity index (χ0) is 30.9. The van der Waals surface area contributed by atoms with Crippen LogP contribution in [-0.2, 0) is 4.79 Å². The highest BCUT2D eigenvalue weighted by Crippen LogP contribution is 2.16. The van der Waals surface area contributed by atoms with Gasteiger partial charge in [-0.25, -0.2) is 0 Å². The molecule has 42 heavy (non-hydrogen) atoms. The van der Waals surface area contributed by atoms with E-state index in [-0.39, 0.29) is 6.61 Å². The molecule has 5 heteroatoms. The number of carbonyl (C=O) groups is 1. The van der Waals surface area contributed by atoms with E-state index in [0.717, 1.165) is 32.1 Å². The molecule has 0 aromatic carbocycles. The van der Waals surface area contributed by atoms with Crippen molar-refractivity contribution < 1.29 is 20.1 Å². The Labute approximate surface area is 262 Å². The molecule has 252 valence electrons. The van der Waals surface area contributed by atoms with E-state index in [1.807, 2.05) is 0 Å². The predicted molar refractivity (Wildman–Crippen MR) is 181 cm³/mol. The van der Waals surface area contributed by atoms with Gasteiger partial charge in [0, 0.05) is 0 Å². The fourth-order valence-electron chi connectivity index (χ4n) is 5.95. The molecule has 1 amide bonds. The van der Waals surface area contributed by atoms with E-state index < -0.39 is 24.2 Å². The Balaban J connectivity index is 3.57. The van der Waals surface area contributed by atoms with Crippen LogP contribution in [0.3, 0.4) is 0 Å². The molecule has 0 saturated carbocycles. The third-order valence-electron chi connectivity index (χ3n) is 8.98.